The average molecular weight is 348 g/mol. The standard InChI is InChI=1S/C17H20N2O4S/c1-19-17(20)23-10-9-13-7-8-16(18)14(11-13)12-24(21,22)15-5-3-2-4-6-15/h2-8,11H,9-10,12,18H2,1H3,(H,19,20). The number of nitrogens with two attached hydrogens (primary N) is 1. The highest BCUT2D eigenvalue weighted by Crippen LogP contribution is 2.21. The van der Waals surface area contributed by atoms with E-state index in [2.05, 4.69) is 5.32 Å². The Morgan fingerprint density at radius 3 is 2.54 bits per heavy atom. The molecule has 0 radical (unpaired) electrons. The van der Waals surface area contributed by atoms with Gasteiger partial charge in [0.05, 0.1) is 17.3 Å². The highest BCUT2D eigenvalue weighted by atomic mass is 32.2. The lowest BCUT2D eigenvalue weighted by molar-refractivity contribution is 0.150. The van der Waals surface area contributed by atoms with Gasteiger partial charge < -0.3 is 15.8 Å². The van der Waals surface area contributed by atoms with E-state index in [0.717, 1.165) is 5.56 Å². The highest BCUT2D eigenvalue weighted by Gasteiger charge is 2.17. The Labute approximate surface area is 141 Å². The van der Waals surface area contributed by atoms with Crippen LogP contribution in [0.4, 0.5) is 10.5 Å². The molecule has 6 nitrogen and oxygen atoms in total. The molecule has 0 unspecified atom stereocenters. The largest absolute Gasteiger partial charge is 0.449 e. The Morgan fingerprint density at radius 1 is 1.17 bits per heavy atom. The molecule has 0 saturated heterocycles. The van der Waals surface area contributed by atoms with Gasteiger partial charge in [-0.05, 0) is 29.3 Å². The number of carbonyl (C=O) groups excluding carboxylic acids is 1. The predicted octanol–water partition coefficient (Wildman–Crippen LogP) is 2.14. The topological polar surface area (TPSA) is 98.5 Å². The number of hydrogen-bond acceptors (Lipinski definition) is 5. The maximum absolute atomic E-state index is 12.5. The van der Waals surface area contributed by atoms with Crippen molar-refractivity contribution in [1.29, 1.82) is 0 Å². The van der Waals surface area contributed by atoms with Crippen molar-refractivity contribution in [3.05, 3.63) is 59.7 Å². The second kappa shape index (κ2) is 7.83. The maximum Gasteiger partial charge on any atom is 0.406 e. The fourth-order valence-electron chi connectivity index (χ4n) is 2.19. The number of alkyl carbamates (subject to hydrolysis) is 1. The number of anilines is 1. The SMILES string of the molecule is CNC(=O)OCCc1ccc(N)c(CS(=O)(=O)c2ccccc2)c1. The lowest BCUT2D eigenvalue weighted by atomic mass is 10.1. The molecule has 0 aliphatic rings. The number of rotatable bonds is 6. The van der Waals surface area contributed by atoms with Crippen molar-refractivity contribution in [2.45, 2.75) is 17.1 Å². The van der Waals surface area contributed by atoms with E-state index in [1.165, 1.54) is 7.05 Å². The summed E-state index contributed by atoms with van der Waals surface area (Å²) in [5, 5.41) is 2.36. The molecule has 3 N–H and O–H groups in total. The summed E-state index contributed by atoms with van der Waals surface area (Å²) in [7, 11) is -1.98. The van der Waals surface area contributed by atoms with E-state index in [-0.39, 0.29) is 17.3 Å². The molecule has 0 aliphatic heterocycles. The summed E-state index contributed by atoms with van der Waals surface area (Å²) < 4.78 is 29.9. The molecular weight excluding hydrogens is 328 g/mol. The van der Waals surface area contributed by atoms with Gasteiger partial charge in [-0.2, -0.15) is 0 Å². The highest BCUT2D eigenvalue weighted by molar-refractivity contribution is 7.90. The van der Waals surface area contributed by atoms with E-state index in [1.54, 1.807) is 48.5 Å². The Morgan fingerprint density at radius 2 is 1.88 bits per heavy atom. The van der Waals surface area contributed by atoms with Crippen LogP contribution < -0.4 is 11.1 Å². The van der Waals surface area contributed by atoms with Crippen LogP contribution in [0.5, 0.6) is 0 Å². The summed E-state index contributed by atoms with van der Waals surface area (Å²) in [4.78, 5) is 11.3. The van der Waals surface area contributed by atoms with Crippen LogP contribution in [0.25, 0.3) is 0 Å². The van der Waals surface area contributed by atoms with E-state index in [4.69, 9.17) is 10.5 Å². The second-order valence-corrected chi connectivity index (χ2v) is 7.23. The number of ether oxygens (including phenoxy) is 1. The molecule has 2 rings (SSSR count). The van der Waals surface area contributed by atoms with Crippen molar-refractivity contribution in [1.82, 2.24) is 5.32 Å². The average Bonchev–Trinajstić information content (AvgIpc) is 2.58. The van der Waals surface area contributed by atoms with Gasteiger partial charge in [0.25, 0.3) is 0 Å². The van der Waals surface area contributed by atoms with Crippen LogP contribution in [0.3, 0.4) is 0 Å². The number of nitrogen functional groups attached to an aromatic ring is 1. The third-order valence-corrected chi connectivity index (χ3v) is 5.16. The second-order valence-electron chi connectivity index (χ2n) is 5.24. The first-order valence-corrected chi connectivity index (χ1v) is 9.07. The van der Waals surface area contributed by atoms with Gasteiger partial charge in [-0.25, -0.2) is 13.2 Å². The van der Waals surface area contributed by atoms with Crippen LogP contribution in [0, 0.1) is 0 Å². The third kappa shape index (κ3) is 4.73. The molecule has 0 aromatic heterocycles. The van der Waals surface area contributed by atoms with Crippen LogP contribution in [-0.4, -0.2) is 28.2 Å². The summed E-state index contributed by atoms with van der Waals surface area (Å²) >= 11 is 0. The molecule has 0 fully saturated rings. The Balaban J connectivity index is 2.13. The van der Waals surface area contributed by atoms with Gasteiger partial charge in [0.2, 0.25) is 0 Å². The molecule has 0 heterocycles. The zero-order chi connectivity index (χ0) is 17.6. The van der Waals surface area contributed by atoms with Crippen molar-refractivity contribution >= 4 is 21.6 Å². The van der Waals surface area contributed by atoms with E-state index in [9.17, 15) is 13.2 Å². The number of nitrogens with one attached hydrogen (secondary N) is 1. The molecule has 1 amide bonds. The quantitative estimate of drug-likeness (QED) is 0.779. The summed E-state index contributed by atoms with van der Waals surface area (Å²) in [6.45, 7) is 0.203. The molecule has 0 atom stereocenters. The summed E-state index contributed by atoms with van der Waals surface area (Å²) in [6.07, 6.45) is -0.0242. The van der Waals surface area contributed by atoms with Crippen LogP contribution in [0.1, 0.15) is 11.1 Å². The van der Waals surface area contributed by atoms with Gasteiger partial charge in [-0.15, -0.1) is 0 Å². The normalized spacial score (nSPS) is 11.0. The minimum atomic E-state index is -3.47. The monoisotopic (exact) mass is 348 g/mol. The summed E-state index contributed by atoms with van der Waals surface area (Å²) in [5.41, 5.74) is 7.73. The number of sulfone groups is 1. The number of amides is 1. The molecule has 2 aromatic rings. The Hall–Kier alpha value is -2.54. The van der Waals surface area contributed by atoms with Gasteiger partial charge in [0.1, 0.15) is 0 Å². The van der Waals surface area contributed by atoms with Crippen LogP contribution in [-0.2, 0) is 26.7 Å². The first-order valence-electron chi connectivity index (χ1n) is 7.42. The zero-order valence-electron chi connectivity index (χ0n) is 13.4. The van der Waals surface area contributed by atoms with Crippen molar-refractivity contribution in [2.75, 3.05) is 19.4 Å². The number of hydrogen-bond donors (Lipinski definition) is 2. The fraction of sp³-hybridized carbons (Fsp3) is 0.235. The first-order chi connectivity index (χ1) is 11.4. The lowest BCUT2D eigenvalue weighted by Gasteiger charge is -2.10. The minimum absolute atomic E-state index is 0.174. The lowest BCUT2D eigenvalue weighted by Crippen LogP contribution is -2.20. The van der Waals surface area contributed by atoms with Crippen LogP contribution >= 0.6 is 0 Å². The molecule has 2 aromatic carbocycles. The molecule has 128 valence electrons. The first kappa shape index (κ1) is 17.8. The molecule has 0 saturated carbocycles. The molecule has 0 aliphatic carbocycles. The molecule has 24 heavy (non-hydrogen) atoms. The van der Waals surface area contributed by atoms with E-state index < -0.39 is 15.9 Å². The van der Waals surface area contributed by atoms with E-state index >= 15 is 0 Å². The smallest absolute Gasteiger partial charge is 0.406 e. The van der Waals surface area contributed by atoms with Gasteiger partial charge >= 0.3 is 6.09 Å². The zero-order valence-corrected chi connectivity index (χ0v) is 14.2. The number of benzene rings is 2. The van der Waals surface area contributed by atoms with E-state index in [0.29, 0.717) is 17.7 Å². The molecule has 0 bridgehead atoms. The maximum atomic E-state index is 12.5. The summed E-state index contributed by atoms with van der Waals surface area (Å²) in [5.74, 6) is -0.174. The summed E-state index contributed by atoms with van der Waals surface area (Å²) in [6, 6.07) is 13.5. The Bertz CT molecular complexity index is 805. The minimum Gasteiger partial charge on any atom is -0.449 e. The van der Waals surface area contributed by atoms with Gasteiger partial charge in [-0.3, -0.25) is 0 Å². The predicted molar refractivity (Wildman–Crippen MR) is 92.3 cm³/mol. The van der Waals surface area contributed by atoms with Crippen molar-refractivity contribution in [3.8, 4) is 0 Å². The van der Waals surface area contributed by atoms with E-state index in [1.807, 2.05) is 0 Å². The Kier molecular flexibility index (Phi) is 5.81. The third-order valence-electron chi connectivity index (χ3n) is 3.48. The fourth-order valence-corrected chi connectivity index (χ4v) is 3.59. The molecule has 7 heteroatoms. The van der Waals surface area contributed by atoms with Crippen LogP contribution in [0.15, 0.2) is 53.4 Å². The van der Waals surface area contributed by atoms with Crippen molar-refractivity contribution in [2.24, 2.45) is 0 Å². The molecular formula is C17H20N2O4S. The van der Waals surface area contributed by atoms with Crippen molar-refractivity contribution < 1.29 is 17.9 Å². The van der Waals surface area contributed by atoms with Crippen LogP contribution in [0.2, 0.25) is 0 Å². The number of carbonyl (C=O) groups is 1. The van der Waals surface area contributed by atoms with Gasteiger partial charge in [0, 0.05) is 19.2 Å². The van der Waals surface area contributed by atoms with Gasteiger partial charge in [0.15, 0.2) is 9.84 Å². The van der Waals surface area contributed by atoms with Gasteiger partial charge in [-0.1, -0.05) is 30.3 Å². The molecule has 0 spiro atoms. The van der Waals surface area contributed by atoms with Crippen molar-refractivity contribution in [3.63, 3.8) is 0 Å².